The molecule has 2 aromatic carbocycles. The Balaban J connectivity index is 1.37. The first-order valence-electron chi connectivity index (χ1n) is 10.6. The van der Waals surface area contributed by atoms with Gasteiger partial charge in [0.15, 0.2) is 12.2 Å². The van der Waals surface area contributed by atoms with Gasteiger partial charge in [-0.25, -0.2) is 9.79 Å². The van der Waals surface area contributed by atoms with Crippen LogP contribution in [0.3, 0.4) is 0 Å². The zero-order valence-corrected chi connectivity index (χ0v) is 17.6. The molecular weight excluding hydrogens is 394 g/mol. The number of rotatable bonds is 5. The molecule has 0 aromatic heterocycles. The summed E-state index contributed by atoms with van der Waals surface area (Å²) in [5, 5.41) is 0. The average molecular weight is 419 g/mol. The molecule has 0 aliphatic carbocycles. The van der Waals surface area contributed by atoms with Crippen molar-refractivity contribution in [2.24, 2.45) is 4.99 Å². The summed E-state index contributed by atoms with van der Waals surface area (Å²) < 4.78 is 5.88. The molecule has 8 nitrogen and oxygen atoms in total. The van der Waals surface area contributed by atoms with Gasteiger partial charge in [-0.3, -0.25) is 9.69 Å². The lowest BCUT2D eigenvalue weighted by atomic mass is 10.1. The van der Waals surface area contributed by atoms with Gasteiger partial charge in [0.05, 0.1) is 0 Å². The van der Waals surface area contributed by atoms with Crippen LogP contribution in [0.5, 0.6) is 11.5 Å². The number of urea groups is 1. The summed E-state index contributed by atoms with van der Waals surface area (Å²) in [5.74, 6) is 2.14. The van der Waals surface area contributed by atoms with E-state index < -0.39 is 12.2 Å². The number of carbonyl (C=O) groups is 2. The largest absolute Gasteiger partial charge is 0.457 e. The number of likely N-dealkylation sites (N-methyl/N-ethyl adjacent to an activating group) is 1. The van der Waals surface area contributed by atoms with Crippen molar-refractivity contribution in [3.63, 3.8) is 0 Å². The molecule has 2 atom stereocenters. The first kappa shape index (κ1) is 19.4. The number of fused-ring (bicyclic) bond motifs is 3. The molecule has 2 unspecified atom stereocenters. The van der Waals surface area contributed by atoms with Crippen LogP contribution in [0.4, 0.5) is 10.5 Å². The highest BCUT2D eigenvalue weighted by molar-refractivity contribution is 6.08. The number of aliphatic imine (C=N–C) groups is 1. The Morgan fingerprint density at radius 3 is 2.42 bits per heavy atom. The highest BCUT2D eigenvalue weighted by Gasteiger charge is 2.54. The van der Waals surface area contributed by atoms with E-state index in [-0.39, 0.29) is 11.9 Å². The van der Waals surface area contributed by atoms with Gasteiger partial charge in [-0.15, -0.1) is 0 Å². The number of para-hydroxylation sites is 1. The van der Waals surface area contributed by atoms with Crippen molar-refractivity contribution in [3.8, 4) is 11.5 Å². The van der Waals surface area contributed by atoms with E-state index in [4.69, 9.17) is 9.73 Å². The molecule has 160 valence electrons. The summed E-state index contributed by atoms with van der Waals surface area (Å²) in [5.41, 5.74) is 0.979. The molecule has 3 aliphatic rings. The molecule has 2 fully saturated rings. The van der Waals surface area contributed by atoms with Gasteiger partial charge in [-0.2, -0.15) is 0 Å². The van der Waals surface area contributed by atoms with Crippen molar-refractivity contribution in [3.05, 3.63) is 54.6 Å². The molecule has 8 heteroatoms. The molecule has 31 heavy (non-hydrogen) atoms. The van der Waals surface area contributed by atoms with E-state index in [9.17, 15) is 9.59 Å². The van der Waals surface area contributed by atoms with Gasteiger partial charge in [0.25, 0.3) is 5.91 Å². The number of benzene rings is 2. The minimum atomic E-state index is -0.480. The fourth-order valence-electron chi connectivity index (χ4n) is 4.43. The van der Waals surface area contributed by atoms with E-state index in [1.54, 1.807) is 11.9 Å². The normalized spacial score (nSPS) is 22.6. The molecular formula is C23H25N5O3. The second-order valence-corrected chi connectivity index (χ2v) is 7.92. The van der Waals surface area contributed by atoms with Crippen LogP contribution in [0.2, 0.25) is 0 Å². The summed E-state index contributed by atoms with van der Waals surface area (Å²) >= 11 is 0. The summed E-state index contributed by atoms with van der Waals surface area (Å²) in [6.45, 7) is 3.82. The van der Waals surface area contributed by atoms with Crippen molar-refractivity contribution in [2.75, 3.05) is 31.6 Å². The topological polar surface area (TPSA) is 68.7 Å². The van der Waals surface area contributed by atoms with E-state index in [1.807, 2.05) is 66.4 Å². The van der Waals surface area contributed by atoms with Gasteiger partial charge in [0.1, 0.15) is 11.5 Å². The van der Waals surface area contributed by atoms with Crippen LogP contribution in [0.25, 0.3) is 0 Å². The lowest BCUT2D eigenvalue weighted by Crippen LogP contribution is -2.64. The highest BCUT2D eigenvalue weighted by atomic mass is 16.5. The highest BCUT2D eigenvalue weighted by Crippen LogP contribution is 2.34. The number of amides is 3. The monoisotopic (exact) mass is 419 g/mol. The smallest absolute Gasteiger partial charge is 0.328 e. The molecule has 2 aromatic rings. The van der Waals surface area contributed by atoms with Crippen LogP contribution < -0.4 is 9.64 Å². The molecule has 0 N–H and O–H groups in total. The number of ether oxygens (including phenoxy) is 1. The minimum Gasteiger partial charge on any atom is -0.457 e. The quantitative estimate of drug-likeness (QED) is 0.745. The first-order valence-corrected chi connectivity index (χ1v) is 10.6. The standard InChI is InChI=1S/C23H25N5O3/c1-3-13-28-21(29)19-20(25(2)23(28)30)24-22-26(14-15-27(19)22)16-9-11-18(12-10-16)31-17-7-5-4-6-8-17/h4-12,19-20H,3,13-15H2,1-2H3. The van der Waals surface area contributed by atoms with Gasteiger partial charge in [-0.05, 0) is 42.8 Å². The average Bonchev–Trinajstić information content (AvgIpc) is 3.36. The molecule has 0 saturated carbocycles. The zero-order valence-electron chi connectivity index (χ0n) is 17.6. The fraction of sp³-hybridized carbons (Fsp3) is 0.348. The molecule has 0 spiro atoms. The Kier molecular flexibility index (Phi) is 4.77. The zero-order chi connectivity index (χ0) is 21.5. The Morgan fingerprint density at radius 1 is 1.00 bits per heavy atom. The predicted octanol–water partition coefficient (Wildman–Crippen LogP) is 2.97. The number of carbonyl (C=O) groups excluding carboxylic acids is 2. The Morgan fingerprint density at radius 2 is 1.71 bits per heavy atom. The Hall–Kier alpha value is -3.55. The maximum Gasteiger partial charge on any atom is 0.328 e. The fourth-order valence-corrected chi connectivity index (χ4v) is 4.43. The Labute approximate surface area is 181 Å². The number of guanidine groups is 1. The van der Waals surface area contributed by atoms with Crippen molar-refractivity contribution in [2.45, 2.75) is 25.6 Å². The summed E-state index contributed by atoms with van der Waals surface area (Å²) in [6.07, 6.45) is 0.256. The van der Waals surface area contributed by atoms with Crippen molar-refractivity contribution in [1.82, 2.24) is 14.7 Å². The molecule has 3 aliphatic heterocycles. The number of hydrogen-bond donors (Lipinski definition) is 0. The van der Waals surface area contributed by atoms with Gasteiger partial charge >= 0.3 is 6.03 Å². The van der Waals surface area contributed by atoms with Crippen LogP contribution in [-0.4, -0.2) is 71.5 Å². The van der Waals surface area contributed by atoms with Crippen molar-refractivity contribution in [1.29, 1.82) is 0 Å². The molecule has 3 amide bonds. The van der Waals surface area contributed by atoms with Gasteiger partial charge < -0.3 is 19.4 Å². The molecule has 3 heterocycles. The van der Waals surface area contributed by atoms with Gasteiger partial charge in [0.2, 0.25) is 5.96 Å². The number of anilines is 1. The van der Waals surface area contributed by atoms with Crippen molar-refractivity contribution < 1.29 is 14.3 Å². The Bertz CT molecular complexity index is 1020. The van der Waals surface area contributed by atoms with Crippen LogP contribution in [0.1, 0.15) is 13.3 Å². The van der Waals surface area contributed by atoms with E-state index in [1.165, 1.54) is 4.90 Å². The number of nitrogens with zero attached hydrogens (tertiary/aromatic N) is 5. The summed E-state index contributed by atoms with van der Waals surface area (Å²) in [7, 11) is 1.72. The second-order valence-electron chi connectivity index (χ2n) is 7.92. The minimum absolute atomic E-state index is 0.151. The van der Waals surface area contributed by atoms with Crippen molar-refractivity contribution >= 4 is 23.6 Å². The lowest BCUT2D eigenvalue weighted by Gasteiger charge is -2.40. The molecule has 0 bridgehead atoms. The third-order valence-electron chi connectivity index (χ3n) is 5.95. The summed E-state index contributed by atoms with van der Waals surface area (Å²) in [4.78, 5) is 37.6. The van der Waals surface area contributed by atoms with Crippen LogP contribution >= 0.6 is 0 Å². The number of imide groups is 1. The van der Waals surface area contributed by atoms with Gasteiger partial charge in [0, 0.05) is 32.4 Å². The molecule has 5 rings (SSSR count). The maximum atomic E-state index is 13.1. The van der Waals surface area contributed by atoms with Crippen LogP contribution in [0, 0.1) is 0 Å². The molecule has 2 saturated heterocycles. The maximum absolute atomic E-state index is 13.1. The lowest BCUT2D eigenvalue weighted by molar-refractivity contribution is -0.137. The van der Waals surface area contributed by atoms with E-state index >= 15 is 0 Å². The third kappa shape index (κ3) is 3.19. The third-order valence-corrected chi connectivity index (χ3v) is 5.95. The van der Waals surface area contributed by atoms with E-state index in [2.05, 4.69) is 4.90 Å². The second kappa shape index (κ2) is 7.61. The SMILES string of the molecule is CCCN1C(=O)C2C(N=C3N(c4ccc(Oc5ccccc5)cc4)CCN32)N(C)C1=O. The summed E-state index contributed by atoms with van der Waals surface area (Å²) in [6, 6.07) is 16.8. The predicted molar refractivity (Wildman–Crippen MR) is 117 cm³/mol. The van der Waals surface area contributed by atoms with Crippen LogP contribution in [0.15, 0.2) is 59.6 Å². The molecule has 0 radical (unpaired) electrons. The number of hydrogen-bond acceptors (Lipinski definition) is 6. The first-order chi connectivity index (χ1) is 15.1. The van der Waals surface area contributed by atoms with Gasteiger partial charge in [-0.1, -0.05) is 25.1 Å². The van der Waals surface area contributed by atoms with E-state index in [0.717, 1.165) is 36.1 Å². The van der Waals surface area contributed by atoms with E-state index in [0.29, 0.717) is 13.1 Å². The van der Waals surface area contributed by atoms with Crippen LogP contribution in [-0.2, 0) is 4.79 Å².